The summed E-state index contributed by atoms with van der Waals surface area (Å²) in [6.45, 7) is 3.48. The number of hydrogen-bond acceptors (Lipinski definition) is 2. The first-order valence-electron chi connectivity index (χ1n) is 6.76. The molecule has 0 radical (unpaired) electrons. The van der Waals surface area contributed by atoms with Crippen molar-refractivity contribution in [3.8, 4) is 0 Å². The standard InChI is InChI=1S/C16H20N2/c1-17-11-13-9-10-18(12-13)16-8-4-6-14-5-2-3-7-15(14)16/h2-8,13,17H,9-12H2,1H3. The lowest BCUT2D eigenvalue weighted by molar-refractivity contribution is 0.549. The molecule has 3 rings (SSSR count). The molecule has 1 heterocycles. The van der Waals surface area contributed by atoms with Crippen LogP contribution in [0, 0.1) is 5.92 Å². The maximum atomic E-state index is 3.29. The van der Waals surface area contributed by atoms with Crippen molar-refractivity contribution in [3.63, 3.8) is 0 Å². The molecule has 1 fully saturated rings. The van der Waals surface area contributed by atoms with Crippen molar-refractivity contribution < 1.29 is 0 Å². The average Bonchev–Trinajstić information content (AvgIpc) is 2.87. The molecular weight excluding hydrogens is 220 g/mol. The molecule has 2 aromatic carbocycles. The molecule has 2 aromatic rings. The molecule has 2 heteroatoms. The highest BCUT2D eigenvalue weighted by molar-refractivity contribution is 5.94. The minimum Gasteiger partial charge on any atom is -0.371 e. The normalized spacial score (nSPS) is 19.6. The molecule has 94 valence electrons. The monoisotopic (exact) mass is 240 g/mol. The fourth-order valence-electron chi connectivity index (χ4n) is 2.99. The van der Waals surface area contributed by atoms with Gasteiger partial charge in [-0.25, -0.2) is 0 Å². The molecule has 2 nitrogen and oxygen atoms in total. The summed E-state index contributed by atoms with van der Waals surface area (Å²) in [5, 5.41) is 6.01. The quantitative estimate of drug-likeness (QED) is 0.887. The lowest BCUT2D eigenvalue weighted by atomic mass is 10.1. The van der Waals surface area contributed by atoms with Gasteiger partial charge in [0.2, 0.25) is 0 Å². The van der Waals surface area contributed by atoms with E-state index in [1.807, 2.05) is 7.05 Å². The van der Waals surface area contributed by atoms with Crippen LogP contribution in [-0.4, -0.2) is 26.7 Å². The fourth-order valence-corrected chi connectivity index (χ4v) is 2.99. The van der Waals surface area contributed by atoms with E-state index in [0.29, 0.717) is 0 Å². The number of hydrogen-bond donors (Lipinski definition) is 1. The Labute approximate surface area is 109 Å². The molecule has 1 saturated heterocycles. The van der Waals surface area contributed by atoms with E-state index < -0.39 is 0 Å². The van der Waals surface area contributed by atoms with Gasteiger partial charge in [-0.15, -0.1) is 0 Å². The van der Waals surface area contributed by atoms with E-state index in [1.165, 1.54) is 36.0 Å². The third-order valence-electron chi connectivity index (χ3n) is 3.89. The average molecular weight is 240 g/mol. The van der Waals surface area contributed by atoms with Crippen molar-refractivity contribution in [2.75, 3.05) is 31.6 Å². The zero-order valence-electron chi connectivity index (χ0n) is 10.9. The first-order chi connectivity index (χ1) is 8.88. The summed E-state index contributed by atoms with van der Waals surface area (Å²) in [4.78, 5) is 2.53. The van der Waals surface area contributed by atoms with Crippen LogP contribution < -0.4 is 10.2 Å². The molecule has 0 aliphatic carbocycles. The number of nitrogens with one attached hydrogen (secondary N) is 1. The van der Waals surface area contributed by atoms with Gasteiger partial charge in [-0.05, 0) is 37.4 Å². The number of fused-ring (bicyclic) bond motifs is 1. The summed E-state index contributed by atoms with van der Waals surface area (Å²) in [5.74, 6) is 0.786. The molecule has 0 bridgehead atoms. The van der Waals surface area contributed by atoms with Gasteiger partial charge < -0.3 is 10.2 Å². The molecule has 1 unspecified atom stereocenters. The molecule has 1 aliphatic heterocycles. The van der Waals surface area contributed by atoms with Gasteiger partial charge >= 0.3 is 0 Å². The van der Waals surface area contributed by atoms with Crippen molar-refractivity contribution in [2.45, 2.75) is 6.42 Å². The zero-order valence-corrected chi connectivity index (χ0v) is 10.9. The van der Waals surface area contributed by atoms with Crippen molar-refractivity contribution in [1.82, 2.24) is 5.32 Å². The summed E-state index contributed by atoms with van der Waals surface area (Å²) in [6, 6.07) is 15.3. The highest BCUT2D eigenvalue weighted by Crippen LogP contribution is 2.30. The zero-order chi connectivity index (χ0) is 12.4. The predicted molar refractivity (Wildman–Crippen MR) is 78.2 cm³/mol. The van der Waals surface area contributed by atoms with Crippen LogP contribution in [0.4, 0.5) is 5.69 Å². The molecule has 0 amide bonds. The van der Waals surface area contributed by atoms with Gasteiger partial charge in [-0.3, -0.25) is 0 Å². The Bertz CT molecular complexity index is 530. The Balaban J connectivity index is 1.91. The van der Waals surface area contributed by atoms with Crippen LogP contribution in [0.2, 0.25) is 0 Å². The highest BCUT2D eigenvalue weighted by atomic mass is 15.2. The van der Waals surface area contributed by atoms with Crippen molar-refractivity contribution in [3.05, 3.63) is 42.5 Å². The van der Waals surface area contributed by atoms with E-state index >= 15 is 0 Å². The van der Waals surface area contributed by atoms with Crippen molar-refractivity contribution in [2.24, 2.45) is 5.92 Å². The number of rotatable bonds is 3. The van der Waals surface area contributed by atoms with Crippen LogP contribution in [-0.2, 0) is 0 Å². The lowest BCUT2D eigenvalue weighted by Gasteiger charge is -2.20. The van der Waals surface area contributed by atoms with E-state index in [1.54, 1.807) is 0 Å². The Morgan fingerprint density at radius 1 is 1.17 bits per heavy atom. The van der Waals surface area contributed by atoms with Crippen LogP contribution in [0.25, 0.3) is 10.8 Å². The van der Waals surface area contributed by atoms with Crippen LogP contribution in [0.3, 0.4) is 0 Å². The number of benzene rings is 2. The minimum atomic E-state index is 0.786. The summed E-state index contributed by atoms with van der Waals surface area (Å²) in [7, 11) is 2.04. The van der Waals surface area contributed by atoms with E-state index in [0.717, 1.165) is 12.5 Å². The summed E-state index contributed by atoms with van der Waals surface area (Å²) >= 11 is 0. The second-order valence-corrected chi connectivity index (χ2v) is 5.16. The molecular formula is C16H20N2. The third kappa shape index (κ3) is 2.08. The summed E-state index contributed by atoms with van der Waals surface area (Å²) in [6.07, 6.45) is 1.30. The molecule has 1 N–H and O–H groups in total. The van der Waals surface area contributed by atoms with Gasteiger partial charge in [-0.2, -0.15) is 0 Å². The Morgan fingerprint density at radius 2 is 2.00 bits per heavy atom. The fraction of sp³-hybridized carbons (Fsp3) is 0.375. The van der Waals surface area contributed by atoms with Crippen LogP contribution in [0.15, 0.2) is 42.5 Å². The number of anilines is 1. The topological polar surface area (TPSA) is 15.3 Å². The van der Waals surface area contributed by atoms with Crippen molar-refractivity contribution >= 4 is 16.5 Å². The molecule has 18 heavy (non-hydrogen) atoms. The van der Waals surface area contributed by atoms with Gasteiger partial charge in [0.25, 0.3) is 0 Å². The maximum Gasteiger partial charge on any atom is 0.0445 e. The largest absolute Gasteiger partial charge is 0.371 e. The second kappa shape index (κ2) is 4.99. The Kier molecular flexibility index (Phi) is 3.20. The summed E-state index contributed by atoms with van der Waals surface area (Å²) in [5.41, 5.74) is 1.40. The van der Waals surface area contributed by atoms with Crippen LogP contribution in [0.1, 0.15) is 6.42 Å². The molecule has 1 atom stereocenters. The molecule has 0 saturated carbocycles. The van der Waals surface area contributed by atoms with Gasteiger partial charge in [0, 0.05) is 24.2 Å². The smallest absolute Gasteiger partial charge is 0.0445 e. The summed E-state index contributed by atoms with van der Waals surface area (Å²) < 4.78 is 0. The van der Waals surface area contributed by atoms with Crippen LogP contribution >= 0.6 is 0 Å². The predicted octanol–water partition coefficient (Wildman–Crippen LogP) is 2.89. The SMILES string of the molecule is CNCC1CCN(c2cccc3ccccc23)C1. The first-order valence-corrected chi connectivity index (χ1v) is 6.76. The van der Waals surface area contributed by atoms with Gasteiger partial charge in [0.1, 0.15) is 0 Å². The molecule has 1 aliphatic rings. The Hall–Kier alpha value is -1.54. The van der Waals surface area contributed by atoms with E-state index in [-0.39, 0.29) is 0 Å². The lowest BCUT2D eigenvalue weighted by Crippen LogP contribution is -2.24. The number of nitrogens with zero attached hydrogens (tertiary/aromatic N) is 1. The minimum absolute atomic E-state index is 0.786. The maximum absolute atomic E-state index is 3.29. The van der Waals surface area contributed by atoms with Gasteiger partial charge in [-0.1, -0.05) is 36.4 Å². The van der Waals surface area contributed by atoms with Gasteiger partial charge in [0.15, 0.2) is 0 Å². The molecule has 0 spiro atoms. The van der Waals surface area contributed by atoms with E-state index in [2.05, 4.69) is 52.7 Å². The second-order valence-electron chi connectivity index (χ2n) is 5.16. The van der Waals surface area contributed by atoms with Crippen molar-refractivity contribution in [1.29, 1.82) is 0 Å². The van der Waals surface area contributed by atoms with Crippen LogP contribution in [0.5, 0.6) is 0 Å². The van der Waals surface area contributed by atoms with E-state index in [9.17, 15) is 0 Å². The highest BCUT2D eigenvalue weighted by Gasteiger charge is 2.22. The van der Waals surface area contributed by atoms with E-state index in [4.69, 9.17) is 0 Å². The molecule has 0 aromatic heterocycles. The Morgan fingerprint density at radius 3 is 2.89 bits per heavy atom. The van der Waals surface area contributed by atoms with Gasteiger partial charge in [0.05, 0.1) is 0 Å². The third-order valence-corrected chi connectivity index (χ3v) is 3.89. The first kappa shape index (κ1) is 11.5.